The van der Waals surface area contributed by atoms with Gasteiger partial charge in [-0.15, -0.1) is 0 Å². The standard InChI is InChI=1S/C27H25NO4S/c1-4-31-23-14-19(15-25-27(30)21-7-5-6-8-24(21)33-25)10-12-22(23)32-16-26(29)28-20-11-9-17(2)18(3)13-20/h5-15H,4,16H2,1-3H3,(H,28,29). The molecule has 6 heteroatoms. The van der Waals surface area contributed by atoms with Crippen molar-refractivity contribution in [2.45, 2.75) is 25.7 Å². The molecule has 0 bridgehead atoms. The van der Waals surface area contributed by atoms with Gasteiger partial charge in [0.25, 0.3) is 5.91 Å². The molecule has 1 aliphatic heterocycles. The maximum absolute atomic E-state index is 12.7. The maximum Gasteiger partial charge on any atom is 0.262 e. The number of anilines is 1. The van der Waals surface area contributed by atoms with E-state index in [1.807, 2.05) is 81.4 Å². The van der Waals surface area contributed by atoms with Crippen LogP contribution in [-0.2, 0) is 4.79 Å². The summed E-state index contributed by atoms with van der Waals surface area (Å²) in [6.07, 6.45) is 1.85. The van der Waals surface area contributed by atoms with E-state index < -0.39 is 0 Å². The number of aryl methyl sites for hydroxylation is 2. The molecule has 1 amide bonds. The summed E-state index contributed by atoms with van der Waals surface area (Å²) in [6, 6.07) is 18.8. The second-order valence-electron chi connectivity index (χ2n) is 7.71. The molecule has 1 heterocycles. The van der Waals surface area contributed by atoms with Gasteiger partial charge in [0.15, 0.2) is 18.1 Å². The van der Waals surface area contributed by atoms with Crippen LogP contribution < -0.4 is 14.8 Å². The summed E-state index contributed by atoms with van der Waals surface area (Å²) >= 11 is 1.47. The van der Waals surface area contributed by atoms with Crippen LogP contribution in [0, 0.1) is 13.8 Å². The summed E-state index contributed by atoms with van der Waals surface area (Å²) in [5, 5.41) is 2.85. The Morgan fingerprint density at radius 3 is 2.55 bits per heavy atom. The van der Waals surface area contributed by atoms with Gasteiger partial charge in [-0.2, -0.15) is 0 Å². The molecule has 168 valence electrons. The van der Waals surface area contributed by atoms with Gasteiger partial charge in [-0.1, -0.05) is 36.0 Å². The number of ether oxygens (including phenoxy) is 2. The maximum atomic E-state index is 12.7. The number of hydrogen-bond acceptors (Lipinski definition) is 5. The lowest BCUT2D eigenvalue weighted by Gasteiger charge is -2.13. The number of ketones is 1. The zero-order chi connectivity index (χ0) is 23.4. The first-order valence-electron chi connectivity index (χ1n) is 10.7. The molecule has 0 aliphatic carbocycles. The molecule has 5 nitrogen and oxygen atoms in total. The number of carbonyl (C=O) groups is 2. The van der Waals surface area contributed by atoms with Crippen LogP contribution in [0.3, 0.4) is 0 Å². The number of benzene rings is 3. The number of carbonyl (C=O) groups excluding carboxylic acids is 2. The second kappa shape index (κ2) is 9.96. The van der Waals surface area contributed by atoms with Crippen LogP contribution in [0.4, 0.5) is 5.69 Å². The third-order valence-electron chi connectivity index (χ3n) is 5.29. The highest BCUT2D eigenvalue weighted by Gasteiger charge is 2.25. The number of nitrogens with one attached hydrogen (secondary N) is 1. The Hall–Kier alpha value is -3.51. The molecule has 33 heavy (non-hydrogen) atoms. The topological polar surface area (TPSA) is 64.6 Å². The number of rotatable bonds is 7. The fourth-order valence-electron chi connectivity index (χ4n) is 3.45. The average molecular weight is 460 g/mol. The van der Waals surface area contributed by atoms with Crippen LogP contribution in [0.5, 0.6) is 11.5 Å². The smallest absolute Gasteiger partial charge is 0.262 e. The Bertz CT molecular complexity index is 1250. The molecule has 4 rings (SSSR count). The Morgan fingerprint density at radius 1 is 0.970 bits per heavy atom. The van der Waals surface area contributed by atoms with E-state index in [0.29, 0.717) is 23.0 Å². The van der Waals surface area contributed by atoms with Crippen molar-refractivity contribution in [3.8, 4) is 11.5 Å². The van der Waals surface area contributed by atoms with E-state index in [-0.39, 0.29) is 18.3 Å². The van der Waals surface area contributed by atoms with E-state index in [1.165, 1.54) is 17.3 Å². The van der Waals surface area contributed by atoms with Gasteiger partial charge in [-0.05, 0) is 79.9 Å². The molecule has 0 saturated carbocycles. The summed E-state index contributed by atoms with van der Waals surface area (Å²) in [5.41, 5.74) is 4.57. The summed E-state index contributed by atoms with van der Waals surface area (Å²) in [7, 11) is 0. The van der Waals surface area contributed by atoms with E-state index in [4.69, 9.17) is 9.47 Å². The molecule has 0 saturated heterocycles. The fraction of sp³-hybridized carbons (Fsp3) is 0.185. The van der Waals surface area contributed by atoms with Crippen LogP contribution in [-0.4, -0.2) is 24.9 Å². The van der Waals surface area contributed by atoms with Crippen LogP contribution in [0.25, 0.3) is 6.08 Å². The number of Topliss-reactive ketones (excluding diaryl/α,β-unsaturated/α-hetero) is 1. The molecule has 1 aliphatic rings. The van der Waals surface area contributed by atoms with Crippen molar-refractivity contribution < 1.29 is 19.1 Å². The first-order chi connectivity index (χ1) is 15.9. The third-order valence-corrected chi connectivity index (χ3v) is 6.39. The predicted octanol–water partition coefficient (Wildman–Crippen LogP) is 6.05. The highest BCUT2D eigenvalue weighted by molar-refractivity contribution is 8.04. The lowest BCUT2D eigenvalue weighted by molar-refractivity contribution is -0.118. The van der Waals surface area contributed by atoms with Gasteiger partial charge >= 0.3 is 0 Å². The molecule has 3 aromatic rings. The van der Waals surface area contributed by atoms with E-state index in [2.05, 4.69) is 5.32 Å². The lowest BCUT2D eigenvalue weighted by Crippen LogP contribution is -2.20. The molecule has 0 spiro atoms. The summed E-state index contributed by atoms with van der Waals surface area (Å²) < 4.78 is 11.5. The fourth-order valence-corrected chi connectivity index (χ4v) is 4.50. The first-order valence-corrected chi connectivity index (χ1v) is 11.6. The minimum absolute atomic E-state index is 0.0249. The number of fused-ring (bicyclic) bond motifs is 1. The van der Waals surface area contributed by atoms with Crippen LogP contribution in [0.15, 0.2) is 70.5 Å². The normalized spacial score (nSPS) is 13.7. The molecule has 1 N–H and O–H groups in total. The molecule has 0 fully saturated rings. The molecule has 0 atom stereocenters. The SMILES string of the molecule is CCOc1cc(C=C2Sc3ccccc3C2=O)ccc1OCC(=O)Nc1ccc(C)c(C)c1. The van der Waals surface area contributed by atoms with E-state index in [1.54, 1.807) is 6.07 Å². The van der Waals surface area contributed by atoms with Gasteiger partial charge in [0.1, 0.15) is 0 Å². The number of thioether (sulfide) groups is 1. The van der Waals surface area contributed by atoms with Gasteiger partial charge in [0.2, 0.25) is 5.78 Å². The summed E-state index contributed by atoms with van der Waals surface area (Å²) in [4.78, 5) is 26.7. The highest BCUT2D eigenvalue weighted by Crippen LogP contribution is 2.41. The van der Waals surface area contributed by atoms with Crippen molar-refractivity contribution in [2.24, 2.45) is 0 Å². The molecule has 3 aromatic carbocycles. The minimum Gasteiger partial charge on any atom is -0.490 e. The van der Waals surface area contributed by atoms with Crippen molar-refractivity contribution in [2.75, 3.05) is 18.5 Å². The van der Waals surface area contributed by atoms with Crippen LogP contribution >= 0.6 is 11.8 Å². The summed E-state index contributed by atoms with van der Waals surface area (Å²) in [5.74, 6) is 0.774. The van der Waals surface area contributed by atoms with Crippen LogP contribution in [0.1, 0.15) is 34.0 Å². The minimum atomic E-state index is -0.252. The monoisotopic (exact) mass is 459 g/mol. The quantitative estimate of drug-likeness (QED) is 0.436. The number of hydrogen-bond donors (Lipinski definition) is 1. The lowest BCUT2D eigenvalue weighted by atomic mass is 10.1. The first kappa shape index (κ1) is 22.7. The van der Waals surface area contributed by atoms with Crippen molar-refractivity contribution in [3.05, 3.63) is 87.8 Å². The van der Waals surface area contributed by atoms with Gasteiger partial charge in [0, 0.05) is 16.1 Å². The largest absolute Gasteiger partial charge is 0.490 e. The second-order valence-corrected chi connectivity index (χ2v) is 8.79. The van der Waals surface area contributed by atoms with Gasteiger partial charge in [0.05, 0.1) is 11.5 Å². The van der Waals surface area contributed by atoms with E-state index in [0.717, 1.165) is 27.3 Å². The Morgan fingerprint density at radius 2 is 1.79 bits per heavy atom. The molecular formula is C27H25NO4S. The van der Waals surface area contributed by atoms with Crippen molar-refractivity contribution in [1.29, 1.82) is 0 Å². The Balaban J connectivity index is 1.45. The molecule has 0 aromatic heterocycles. The number of allylic oxidation sites excluding steroid dienone is 1. The van der Waals surface area contributed by atoms with Gasteiger partial charge < -0.3 is 14.8 Å². The highest BCUT2D eigenvalue weighted by atomic mass is 32.2. The van der Waals surface area contributed by atoms with Crippen molar-refractivity contribution in [3.63, 3.8) is 0 Å². The van der Waals surface area contributed by atoms with Gasteiger partial charge in [-0.3, -0.25) is 9.59 Å². The van der Waals surface area contributed by atoms with Crippen molar-refractivity contribution >= 4 is 35.2 Å². The zero-order valence-electron chi connectivity index (χ0n) is 18.8. The molecule has 0 unspecified atom stereocenters. The van der Waals surface area contributed by atoms with Crippen molar-refractivity contribution in [1.82, 2.24) is 0 Å². The Kier molecular flexibility index (Phi) is 6.84. The predicted molar refractivity (Wildman–Crippen MR) is 132 cm³/mol. The summed E-state index contributed by atoms with van der Waals surface area (Å²) in [6.45, 7) is 6.22. The van der Waals surface area contributed by atoms with Crippen LogP contribution in [0.2, 0.25) is 0 Å². The van der Waals surface area contributed by atoms with E-state index >= 15 is 0 Å². The zero-order valence-corrected chi connectivity index (χ0v) is 19.6. The van der Waals surface area contributed by atoms with Gasteiger partial charge in [-0.25, -0.2) is 0 Å². The number of amides is 1. The Labute approximate surface area is 197 Å². The average Bonchev–Trinajstić information content (AvgIpc) is 3.11. The molecular weight excluding hydrogens is 434 g/mol. The van der Waals surface area contributed by atoms with E-state index in [9.17, 15) is 9.59 Å². The third kappa shape index (κ3) is 5.29. The molecule has 0 radical (unpaired) electrons.